The molecule has 0 spiro atoms. The van der Waals surface area contributed by atoms with Gasteiger partial charge < -0.3 is 18.7 Å². The van der Waals surface area contributed by atoms with E-state index in [1.165, 1.54) is 9.47 Å². The Morgan fingerprint density at radius 2 is 1.71 bits per heavy atom. The third-order valence-electron chi connectivity index (χ3n) is 0.129. The Morgan fingerprint density at radius 1 is 1.57 bits per heavy atom. The van der Waals surface area contributed by atoms with E-state index in [-0.39, 0.29) is 16.5 Å². The molecule has 0 fully saturated rings. The molecule has 1 unspecified atom stereocenters. The van der Waals surface area contributed by atoms with Gasteiger partial charge in [0.15, 0.2) is 0 Å². The van der Waals surface area contributed by atoms with Gasteiger partial charge in [0, 0.05) is 9.47 Å². The van der Waals surface area contributed by atoms with Gasteiger partial charge in [0.1, 0.15) is 0 Å². The Hall–Kier alpha value is 1.03. The van der Waals surface area contributed by atoms with Crippen LogP contribution in [0.4, 0.5) is 0 Å². The molecule has 46 valence electrons. The van der Waals surface area contributed by atoms with Crippen LogP contribution < -0.4 is 9.79 Å². The van der Waals surface area contributed by atoms with Gasteiger partial charge >= 0.3 is 16.5 Å². The van der Waals surface area contributed by atoms with E-state index in [1.54, 1.807) is 0 Å². The minimum Gasteiger partial charge on any atom is -0.790 e. The SMILES string of the molecule is O=P([O-])([O-])OP.[Ni+2]. The Labute approximate surface area is 53.1 Å². The minimum atomic E-state index is -4.68. The van der Waals surface area contributed by atoms with Crippen LogP contribution in [0.5, 0.6) is 0 Å². The average molecular weight is 187 g/mol. The van der Waals surface area contributed by atoms with Gasteiger partial charge in [-0.2, -0.15) is 0 Å². The van der Waals surface area contributed by atoms with Gasteiger partial charge in [-0.25, -0.2) is 0 Å². The van der Waals surface area contributed by atoms with Crippen LogP contribution in [0.1, 0.15) is 0 Å². The number of phosphoric acid groups is 1. The topological polar surface area (TPSA) is 72.4 Å². The van der Waals surface area contributed by atoms with Crippen LogP contribution in [0.15, 0.2) is 0 Å². The molecule has 0 radical (unpaired) electrons. The second kappa shape index (κ2) is 3.97. The second-order valence-electron chi connectivity index (χ2n) is 0.553. The molecule has 0 aromatic carbocycles. The van der Waals surface area contributed by atoms with E-state index in [2.05, 4.69) is 4.31 Å². The van der Waals surface area contributed by atoms with Crippen molar-refractivity contribution in [3.8, 4) is 0 Å². The summed E-state index contributed by atoms with van der Waals surface area (Å²) in [6.07, 6.45) is 0. The first-order chi connectivity index (χ1) is 2.56. The zero-order valence-electron chi connectivity index (χ0n) is 2.97. The molecule has 1 atom stereocenters. The summed E-state index contributed by atoms with van der Waals surface area (Å²) in [5, 5.41) is 0. The van der Waals surface area contributed by atoms with Crippen LogP contribution in [0, 0.1) is 0 Å². The van der Waals surface area contributed by atoms with E-state index in [9.17, 15) is 14.4 Å². The molecule has 0 bridgehead atoms. The maximum Gasteiger partial charge on any atom is 2.00 e. The van der Waals surface area contributed by atoms with E-state index in [4.69, 9.17) is 0 Å². The predicted octanol–water partition coefficient (Wildman–Crippen LogP) is -1.38. The van der Waals surface area contributed by atoms with E-state index in [1.807, 2.05) is 0 Å². The van der Waals surface area contributed by atoms with Crippen molar-refractivity contribution in [3.05, 3.63) is 0 Å². The third-order valence-corrected chi connectivity index (χ3v) is 1.16. The van der Waals surface area contributed by atoms with Gasteiger partial charge in [-0.3, -0.25) is 0 Å². The molecule has 0 saturated carbocycles. The van der Waals surface area contributed by atoms with Crippen molar-refractivity contribution in [1.29, 1.82) is 0 Å². The van der Waals surface area contributed by atoms with Crippen molar-refractivity contribution in [2.45, 2.75) is 0 Å². The molecular formula is H2NiO4P2. The standard InChI is InChI=1S/Ni.H4O4P2/c;1-6(2,3)4-5/h;5H2,(H2,1,2,3)/q+2;/p-2. The Balaban J connectivity index is 0. The number of rotatable bonds is 1. The molecule has 0 aliphatic rings. The van der Waals surface area contributed by atoms with Crippen LogP contribution in [0.25, 0.3) is 0 Å². The molecule has 4 nitrogen and oxygen atoms in total. The molecule has 7 heteroatoms. The summed E-state index contributed by atoms with van der Waals surface area (Å²) in [6.45, 7) is 0. The van der Waals surface area contributed by atoms with Crippen molar-refractivity contribution < 1.29 is 35.2 Å². The zero-order chi connectivity index (χ0) is 5.21. The first-order valence-electron chi connectivity index (χ1n) is 0.966. The van der Waals surface area contributed by atoms with Crippen LogP contribution in [-0.2, 0) is 25.4 Å². The van der Waals surface area contributed by atoms with Gasteiger partial charge in [-0.1, -0.05) is 0 Å². The smallest absolute Gasteiger partial charge is 0.790 e. The van der Waals surface area contributed by atoms with Crippen molar-refractivity contribution in [2.24, 2.45) is 0 Å². The predicted molar refractivity (Wildman–Crippen MR) is 18.4 cm³/mol. The van der Waals surface area contributed by atoms with Crippen molar-refractivity contribution in [2.75, 3.05) is 0 Å². The summed E-state index contributed by atoms with van der Waals surface area (Å²) in [6, 6.07) is 0. The van der Waals surface area contributed by atoms with Crippen molar-refractivity contribution in [1.82, 2.24) is 0 Å². The molecule has 0 N–H and O–H groups in total. The van der Waals surface area contributed by atoms with Crippen LogP contribution in [-0.4, -0.2) is 0 Å². The molecule has 0 aliphatic heterocycles. The van der Waals surface area contributed by atoms with E-state index < -0.39 is 7.82 Å². The first-order valence-corrected chi connectivity index (χ1v) is 2.90. The molecule has 0 rings (SSSR count). The van der Waals surface area contributed by atoms with Gasteiger partial charge in [0.05, 0.1) is 7.82 Å². The summed E-state index contributed by atoms with van der Waals surface area (Å²) in [4.78, 5) is 18.5. The fraction of sp³-hybridized carbons (Fsp3) is 0. The Kier molecular flexibility index (Phi) is 6.19. The fourth-order valence-electron chi connectivity index (χ4n) is 0. The van der Waals surface area contributed by atoms with Crippen LogP contribution >= 0.6 is 17.3 Å². The van der Waals surface area contributed by atoms with E-state index >= 15 is 0 Å². The molecular weight excluding hydrogens is 185 g/mol. The third kappa shape index (κ3) is 11.0. The largest absolute Gasteiger partial charge is 2.00 e. The molecule has 0 aliphatic carbocycles. The van der Waals surface area contributed by atoms with Crippen LogP contribution in [0.2, 0.25) is 0 Å². The monoisotopic (exact) mass is 186 g/mol. The summed E-state index contributed by atoms with van der Waals surface area (Å²) in [7, 11) is -3.35. The molecule has 0 heterocycles. The summed E-state index contributed by atoms with van der Waals surface area (Å²) in [5.74, 6) is 0. The van der Waals surface area contributed by atoms with Gasteiger partial charge in [0.2, 0.25) is 0 Å². The molecule has 7 heavy (non-hydrogen) atoms. The van der Waals surface area contributed by atoms with Crippen molar-refractivity contribution >= 4 is 17.3 Å². The zero-order valence-corrected chi connectivity index (χ0v) is 6.01. The summed E-state index contributed by atoms with van der Waals surface area (Å²) in [5.41, 5.74) is 0. The maximum absolute atomic E-state index is 9.23. The number of hydrogen-bond donors (Lipinski definition) is 0. The molecule has 0 aromatic rings. The van der Waals surface area contributed by atoms with Crippen molar-refractivity contribution in [3.63, 3.8) is 0 Å². The minimum absolute atomic E-state index is 0. The molecule has 0 aromatic heterocycles. The summed E-state index contributed by atoms with van der Waals surface area (Å²) >= 11 is 0. The van der Waals surface area contributed by atoms with Gasteiger partial charge in [-0.05, 0) is 0 Å². The van der Waals surface area contributed by atoms with E-state index in [0.29, 0.717) is 0 Å². The molecule has 0 amide bonds. The Bertz CT molecular complexity index is 73.8. The quantitative estimate of drug-likeness (QED) is 0.374. The number of hydrogen-bond acceptors (Lipinski definition) is 4. The second-order valence-corrected chi connectivity index (χ2v) is 2.29. The van der Waals surface area contributed by atoms with Crippen LogP contribution in [0.3, 0.4) is 0 Å². The van der Waals surface area contributed by atoms with E-state index in [0.717, 1.165) is 0 Å². The Morgan fingerprint density at radius 3 is 1.71 bits per heavy atom. The summed E-state index contributed by atoms with van der Waals surface area (Å²) < 4.78 is 12.5. The average Bonchev–Trinajstić information content (AvgIpc) is 1.35. The van der Waals surface area contributed by atoms with Gasteiger partial charge in [0.25, 0.3) is 0 Å². The first kappa shape index (κ1) is 10.9. The fourth-order valence-corrected chi connectivity index (χ4v) is 0. The molecule has 0 saturated heterocycles. The van der Waals surface area contributed by atoms with Gasteiger partial charge in [-0.15, -0.1) is 0 Å². The normalized spacial score (nSPS) is 10.1. The maximum atomic E-state index is 9.23.